The molecule has 0 amide bonds. The van der Waals surface area contributed by atoms with Gasteiger partial charge in [-0.3, -0.25) is 0 Å². The summed E-state index contributed by atoms with van der Waals surface area (Å²) < 4.78 is 0. The van der Waals surface area contributed by atoms with Crippen LogP contribution in [-0.4, -0.2) is 50.0 Å². The third-order valence-electron chi connectivity index (χ3n) is 1.70. The van der Waals surface area contributed by atoms with Gasteiger partial charge in [0.05, 0.1) is 13.6 Å². The van der Waals surface area contributed by atoms with E-state index < -0.39 is 0 Å². The van der Waals surface area contributed by atoms with E-state index in [1.807, 2.05) is 11.8 Å². The number of rotatable bonds is 8. The topological polar surface area (TPSA) is 75.9 Å². The molecule has 1 rings (SSSR count). The Morgan fingerprint density at radius 1 is 1.47 bits per heavy atom. The Bertz CT molecular complexity index is 267. The molecule has 0 fully saturated rings. The van der Waals surface area contributed by atoms with Crippen LogP contribution in [0.15, 0.2) is 0 Å². The molecular weight excluding hydrogens is 214 g/mol. The highest BCUT2D eigenvalue weighted by Crippen LogP contribution is 1.99. The maximum atomic E-state index is 8.57. The van der Waals surface area contributed by atoms with Crippen LogP contribution in [0.5, 0.6) is 0 Å². The second kappa shape index (κ2) is 7.61. The Kier molecular flexibility index (Phi) is 6.29. The molecule has 0 aliphatic carbocycles. The first-order valence-corrected chi connectivity index (χ1v) is 6.10. The van der Waals surface area contributed by atoms with Crippen molar-refractivity contribution < 1.29 is 5.11 Å². The molecule has 0 atom stereocenters. The fourth-order valence-corrected chi connectivity index (χ4v) is 1.83. The smallest absolute Gasteiger partial charge is 0.188 e. The van der Waals surface area contributed by atoms with Crippen LogP contribution < -0.4 is 5.32 Å². The van der Waals surface area contributed by atoms with E-state index in [-0.39, 0.29) is 6.61 Å². The highest BCUT2D eigenvalue weighted by Gasteiger charge is 1.98. The van der Waals surface area contributed by atoms with Crippen molar-refractivity contribution in [1.82, 2.24) is 25.5 Å². The Balaban J connectivity index is 1.93. The zero-order valence-electron chi connectivity index (χ0n) is 8.89. The average Bonchev–Trinajstić information content (AvgIpc) is 2.63. The highest BCUT2D eigenvalue weighted by atomic mass is 32.2. The third kappa shape index (κ3) is 5.71. The Hall–Kier alpha value is -0.660. The van der Waals surface area contributed by atoms with Gasteiger partial charge in [-0.1, -0.05) is 0 Å². The molecule has 1 heterocycles. The lowest BCUT2D eigenvalue weighted by molar-refractivity contribution is 0.296. The van der Waals surface area contributed by atoms with Gasteiger partial charge in [0.2, 0.25) is 0 Å². The molecular formula is C8H17N5OS. The van der Waals surface area contributed by atoms with E-state index in [9.17, 15) is 0 Å². The van der Waals surface area contributed by atoms with Crippen LogP contribution in [0.25, 0.3) is 0 Å². The zero-order chi connectivity index (χ0) is 10.9. The van der Waals surface area contributed by atoms with Gasteiger partial charge in [0.1, 0.15) is 0 Å². The van der Waals surface area contributed by atoms with Gasteiger partial charge in [0.25, 0.3) is 0 Å². The first-order chi connectivity index (χ1) is 7.33. The molecule has 0 aliphatic heterocycles. The van der Waals surface area contributed by atoms with Gasteiger partial charge in [-0.05, 0) is 17.4 Å². The minimum absolute atomic E-state index is 0.282. The molecule has 0 aliphatic rings. The molecule has 0 aromatic carbocycles. The highest BCUT2D eigenvalue weighted by molar-refractivity contribution is 7.99. The number of nitrogens with zero attached hydrogens (tertiary/aromatic N) is 4. The largest absolute Gasteiger partial charge is 0.396 e. The number of tetrazole rings is 1. The summed E-state index contributed by atoms with van der Waals surface area (Å²) in [5.74, 6) is 2.78. The SMILES string of the molecule is Cn1nnc(CNCCSCCCO)n1. The molecule has 86 valence electrons. The van der Waals surface area contributed by atoms with Crippen molar-refractivity contribution in [2.45, 2.75) is 13.0 Å². The lowest BCUT2D eigenvalue weighted by atomic mass is 10.5. The van der Waals surface area contributed by atoms with Gasteiger partial charge in [-0.2, -0.15) is 16.6 Å². The first-order valence-electron chi connectivity index (χ1n) is 4.95. The summed E-state index contributed by atoms with van der Waals surface area (Å²) in [4.78, 5) is 1.45. The molecule has 0 unspecified atom stereocenters. The van der Waals surface area contributed by atoms with Crippen molar-refractivity contribution >= 4 is 11.8 Å². The van der Waals surface area contributed by atoms with Crippen LogP contribution in [-0.2, 0) is 13.6 Å². The number of hydrogen-bond donors (Lipinski definition) is 2. The Labute approximate surface area is 93.4 Å². The van der Waals surface area contributed by atoms with Crippen LogP contribution in [0.1, 0.15) is 12.2 Å². The van der Waals surface area contributed by atoms with Gasteiger partial charge in [0.15, 0.2) is 5.82 Å². The molecule has 0 saturated carbocycles. The lowest BCUT2D eigenvalue weighted by Gasteiger charge is -2.01. The quantitative estimate of drug-likeness (QED) is 0.583. The molecule has 7 heteroatoms. The van der Waals surface area contributed by atoms with E-state index in [1.54, 1.807) is 7.05 Å². The molecule has 15 heavy (non-hydrogen) atoms. The summed E-state index contributed by atoms with van der Waals surface area (Å²) in [5.41, 5.74) is 0. The fourth-order valence-electron chi connectivity index (χ4n) is 1.01. The number of nitrogens with one attached hydrogen (secondary N) is 1. The van der Waals surface area contributed by atoms with E-state index in [0.29, 0.717) is 6.54 Å². The summed E-state index contributed by atoms with van der Waals surface area (Å²) in [6, 6.07) is 0. The van der Waals surface area contributed by atoms with Crippen molar-refractivity contribution in [2.75, 3.05) is 24.7 Å². The number of aliphatic hydroxyl groups is 1. The van der Waals surface area contributed by atoms with E-state index in [2.05, 4.69) is 20.7 Å². The molecule has 6 nitrogen and oxygen atoms in total. The Morgan fingerprint density at radius 3 is 3.00 bits per heavy atom. The Morgan fingerprint density at radius 2 is 2.33 bits per heavy atom. The number of aliphatic hydroxyl groups excluding tert-OH is 1. The number of hydrogen-bond acceptors (Lipinski definition) is 6. The van der Waals surface area contributed by atoms with Crippen LogP contribution in [0.4, 0.5) is 0 Å². The predicted octanol–water partition coefficient (Wildman–Crippen LogP) is -0.585. The van der Waals surface area contributed by atoms with Gasteiger partial charge in [0, 0.05) is 18.9 Å². The normalized spacial score (nSPS) is 10.8. The van der Waals surface area contributed by atoms with Crippen molar-refractivity contribution in [3.8, 4) is 0 Å². The van der Waals surface area contributed by atoms with E-state index >= 15 is 0 Å². The van der Waals surface area contributed by atoms with Gasteiger partial charge >= 0.3 is 0 Å². The molecule has 0 radical (unpaired) electrons. The van der Waals surface area contributed by atoms with Crippen molar-refractivity contribution in [3.63, 3.8) is 0 Å². The van der Waals surface area contributed by atoms with Crippen molar-refractivity contribution in [3.05, 3.63) is 5.82 Å². The average molecular weight is 231 g/mol. The summed E-state index contributed by atoms with van der Waals surface area (Å²) >= 11 is 1.83. The maximum absolute atomic E-state index is 8.57. The number of aryl methyl sites for hydroxylation is 1. The lowest BCUT2D eigenvalue weighted by Crippen LogP contribution is -2.17. The van der Waals surface area contributed by atoms with Crippen molar-refractivity contribution in [2.24, 2.45) is 7.05 Å². The predicted molar refractivity (Wildman–Crippen MR) is 59.5 cm³/mol. The maximum Gasteiger partial charge on any atom is 0.188 e. The minimum atomic E-state index is 0.282. The molecule has 2 N–H and O–H groups in total. The summed E-state index contributed by atoms with van der Waals surface area (Å²) in [6.45, 7) is 1.87. The van der Waals surface area contributed by atoms with Crippen LogP contribution in [0.3, 0.4) is 0 Å². The van der Waals surface area contributed by atoms with E-state index in [1.165, 1.54) is 4.80 Å². The summed E-state index contributed by atoms with van der Waals surface area (Å²) in [5, 5.41) is 23.4. The van der Waals surface area contributed by atoms with E-state index in [4.69, 9.17) is 5.11 Å². The van der Waals surface area contributed by atoms with Crippen molar-refractivity contribution in [1.29, 1.82) is 0 Å². The number of aromatic nitrogens is 4. The summed E-state index contributed by atoms with van der Waals surface area (Å²) in [6.07, 6.45) is 0.871. The zero-order valence-corrected chi connectivity index (χ0v) is 9.70. The van der Waals surface area contributed by atoms with E-state index in [0.717, 1.165) is 30.3 Å². The van der Waals surface area contributed by atoms with Crippen LogP contribution >= 0.6 is 11.8 Å². The minimum Gasteiger partial charge on any atom is -0.396 e. The summed E-state index contributed by atoms with van der Waals surface area (Å²) in [7, 11) is 1.75. The fraction of sp³-hybridized carbons (Fsp3) is 0.875. The van der Waals surface area contributed by atoms with Crippen LogP contribution in [0, 0.1) is 0 Å². The van der Waals surface area contributed by atoms with Gasteiger partial charge < -0.3 is 10.4 Å². The molecule has 0 saturated heterocycles. The first kappa shape index (κ1) is 12.4. The van der Waals surface area contributed by atoms with Gasteiger partial charge in [-0.15, -0.1) is 10.2 Å². The molecule has 1 aromatic rings. The monoisotopic (exact) mass is 231 g/mol. The second-order valence-corrected chi connectivity index (χ2v) is 4.29. The molecule has 0 bridgehead atoms. The molecule has 0 spiro atoms. The second-order valence-electron chi connectivity index (χ2n) is 3.06. The standard InChI is InChI=1S/C8H17N5OS/c1-13-11-8(10-12-13)7-9-3-6-15-5-2-4-14/h9,14H,2-7H2,1H3. The molecule has 1 aromatic heterocycles. The third-order valence-corrected chi connectivity index (χ3v) is 2.77. The van der Waals surface area contributed by atoms with Crippen LogP contribution in [0.2, 0.25) is 0 Å². The number of thioether (sulfide) groups is 1. The van der Waals surface area contributed by atoms with Gasteiger partial charge in [-0.25, -0.2) is 0 Å².